The van der Waals surface area contributed by atoms with Crippen LogP contribution in [0.4, 0.5) is 0 Å². The quantitative estimate of drug-likeness (QED) is 0.638. The number of rotatable bonds is 9. The Kier molecular flexibility index (Phi) is 5.84. The van der Waals surface area contributed by atoms with Gasteiger partial charge in [0, 0.05) is 26.2 Å². The Morgan fingerprint density at radius 3 is 2.60 bits per heavy atom. The van der Waals surface area contributed by atoms with E-state index in [0.717, 1.165) is 38.9 Å². The van der Waals surface area contributed by atoms with Crippen molar-refractivity contribution in [2.75, 3.05) is 46.0 Å². The molecule has 118 valence electrons. The largest absolute Gasteiger partial charge is 0.314 e. The molecule has 2 aliphatic rings. The summed E-state index contributed by atoms with van der Waals surface area (Å²) in [4.78, 5) is 2.27. The Morgan fingerprint density at radius 1 is 1.25 bits per heavy atom. The number of sulfonamides is 1. The molecule has 0 aromatic rings. The zero-order chi connectivity index (χ0) is 14.6. The number of hydrogen-bond donors (Lipinski definition) is 1. The number of nitrogens with zero attached hydrogens (tertiary/aromatic N) is 2. The fourth-order valence-electron chi connectivity index (χ4n) is 2.81. The number of unbranched alkanes of at least 4 members (excludes halogenated alkanes) is 1. The van der Waals surface area contributed by atoms with Gasteiger partial charge in [0.05, 0.1) is 5.75 Å². The highest BCUT2D eigenvalue weighted by molar-refractivity contribution is 7.89. The molecule has 0 bridgehead atoms. The lowest BCUT2D eigenvalue weighted by Gasteiger charge is -2.21. The first-order chi connectivity index (χ1) is 9.47. The van der Waals surface area contributed by atoms with Crippen LogP contribution in [0, 0.1) is 5.92 Å². The molecule has 2 rings (SSSR count). The van der Waals surface area contributed by atoms with Gasteiger partial charge in [-0.2, -0.15) is 0 Å². The predicted octanol–water partition coefficient (Wildman–Crippen LogP) is 0.732. The van der Waals surface area contributed by atoms with Crippen molar-refractivity contribution in [3.63, 3.8) is 0 Å². The SMILES string of the molecule is CN1CCC(CN(C)S(=O)(=O)CCCCNC2CC2)C1. The van der Waals surface area contributed by atoms with E-state index in [1.807, 2.05) is 0 Å². The van der Waals surface area contributed by atoms with Crippen LogP contribution in [0.3, 0.4) is 0 Å². The van der Waals surface area contributed by atoms with Crippen LogP contribution in [0.1, 0.15) is 32.1 Å². The summed E-state index contributed by atoms with van der Waals surface area (Å²) in [6, 6.07) is 0.716. The molecule has 6 heteroatoms. The molecular weight excluding hydrogens is 274 g/mol. The molecule has 1 saturated carbocycles. The molecule has 1 aliphatic heterocycles. The molecular formula is C14H29N3O2S. The van der Waals surface area contributed by atoms with Crippen molar-refractivity contribution in [1.82, 2.24) is 14.5 Å². The monoisotopic (exact) mass is 303 g/mol. The van der Waals surface area contributed by atoms with E-state index >= 15 is 0 Å². The van der Waals surface area contributed by atoms with Crippen LogP contribution < -0.4 is 5.32 Å². The minimum absolute atomic E-state index is 0.290. The highest BCUT2D eigenvalue weighted by Crippen LogP contribution is 2.19. The van der Waals surface area contributed by atoms with Gasteiger partial charge in [0.1, 0.15) is 0 Å². The zero-order valence-electron chi connectivity index (χ0n) is 12.8. The van der Waals surface area contributed by atoms with Crippen LogP contribution in [-0.4, -0.2) is 69.7 Å². The number of nitrogens with one attached hydrogen (secondary N) is 1. The maximum absolute atomic E-state index is 12.2. The third-order valence-electron chi connectivity index (χ3n) is 4.32. The Labute approximate surface area is 123 Å². The Hall–Kier alpha value is -0.170. The minimum Gasteiger partial charge on any atom is -0.314 e. The van der Waals surface area contributed by atoms with Gasteiger partial charge in [0.2, 0.25) is 10.0 Å². The maximum Gasteiger partial charge on any atom is 0.213 e. The molecule has 1 unspecified atom stereocenters. The van der Waals surface area contributed by atoms with Crippen LogP contribution in [0.25, 0.3) is 0 Å². The first-order valence-electron chi connectivity index (χ1n) is 7.83. The van der Waals surface area contributed by atoms with Gasteiger partial charge in [0.15, 0.2) is 0 Å². The topological polar surface area (TPSA) is 52.7 Å². The Morgan fingerprint density at radius 2 is 2.00 bits per heavy atom. The van der Waals surface area contributed by atoms with Crippen LogP contribution in [0.5, 0.6) is 0 Å². The van der Waals surface area contributed by atoms with E-state index in [9.17, 15) is 8.42 Å². The van der Waals surface area contributed by atoms with Gasteiger partial charge in [-0.3, -0.25) is 0 Å². The molecule has 5 nitrogen and oxygen atoms in total. The van der Waals surface area contributed by atoms with Gasteiger partial charge in [-0.25, -0.2) is 12.7 Å². The van der Waals surface area contributed by atoms with E-state index < -0.39 is 10.0 Å². The summed E-state index contributed by atoms with van der Waals surface area (Å²) in [5, 5.41) is 3.42. The van der Waals surface area contributed by atoms with Crippen LogP contribution in [0.2, 0.25) is 0 Å². The van der Waals surface area contributed by atoms with Crippen molar-refractivity contribution in [3.8, 4) is 0 Å². The van der Waals surface area contributed by atoms with Gasteiger partial charge in [-0.15, -0.1) is 0 Å². The lowest BCUT2D eigenvalue weighted by atomic mass is 10.1. The minimum atomic E-state index is -3.06. The smallest absolute Gasteiger partial charge is 0.213 e. The maximum atomic E-state index is 12.2. The summed E-state index contributed by atoms with van der Waals surface area (Å²) in [6.45, 7) is 3.74. The van der Waals surface area contributed by atoms with E-state index in [1.54, 1.807) is 11.4 Å². The molecule has 1 heterocycles. The second kappa shape index (κ2) is 7.20. The van der Waals surface area contributed by atoms with Crippen molar-refractivity contribution in [2.24, 2.45) is 5.92 Å². The summed E-state index contributed by atoms with van der Waals surface area (Å²) in [5.41, 5.74) is 0. The second-order valence-corrected chi connectivity index (χ2v) is 8.64. The highest BCUT2D eigenvalue weighted by atomic mass is 32.2. The Bertz CT molecular complexity index is 395. The third kappa shape index (κ3) is 5.31. The van der Waals surface area contributed by atoms with Gasteiger partial charge in [0.25, 0.3) is 0 Å². The van der Waals surface area contributed by atoms with Crippen molar-refractivity contribution < 1.29 is 8.42 Å². The third-order valence-corrected chi connectivity index (χ3v) is 6.22. The van der Waals surface area contributed by atoms with Crippen LogP contribution in [-0.2, 0) is 10.0 Å². The zero-order valence-corrected chi connectivity index (χ0v) is 13.7. The molecule has 20 heavy (non-hydrogen) atoms. The molecule has 2 fully saturated rings. The predicted molar refractivity (Wildman–Crippen MR) is 82.3 cm³/mol. The number of likely N-dealkylation sites (tertiary alicyclic amines) is 1. The summed E-state index contributed by atoms with van der Waals surface area (Å²) >= 11 is 0. The molecule has 1 saturated heterocycles. The summed E-state index contributed by atoms with van der Waals surface area (Å²) in [7, 11) is 0.768. The van der Waals surface area contributed by atoms with Crippen molar-refractivity contribution in [1.29, 1.82) is 0 Å². The average molecular weight is 303 g/mol. The van der Waals surface area contributed by atoms with Crippen molar-refractivity contribution in [2.45, 2.75) is 38.1 Å². The van der Waals surface area contributed by atoms with Gasteiger partial charge in [-0.05, 0) is 58.2 Å². The molecule has 0 amide bonds. The van der Waals surface area contributed by atoms with E-state index in [2.05, 4.69) is 17.3 Å². The second-order valence-electron chi connectivity index (χ2n) is 6.45. The van der Waals surface area contributed by atoms with E-state index in [-0.39, 0.29) is 0 Å². The lowest BCUT2D eigenvalue weighted by molar-refractivity contribution is 0.356. The van der Waals surface area contributed by atoms with E-state index in [0.29, 0.717) is 24.3 Å². The van der Waals surface area contributed by atoms with Crippen molar-refractivity contribution in [3.05, 3.63) is 0 Å². The summed E-state index contributed by atoms with van der Waals surface area (Å²) in [6.07, 6.45) is 5.40. The van der Waals surface area contributed by atoms with E-state index in [4.69, 9.17) is 0 Å². The molecule has 0 aromatic carbocycles. The normalized spacial score (nSPS) is 24.6. The van der Waals surface area contributed by atoms with Gasteiger partial charge >= 0.3 is 0 Å². The molecule has 1 aliphatic carbocycles. The first kappa shape index (κ1) is 16.2. The van der Waals surface area contributed by atoms with E-state index in [1.165, 1.54) is 12.8 Å². The summed E-state index contributed by atoms with van der Waals surface area (Å²) < 4.78 is 26.0. The molecule has 0 aromatic heterocycles. The molecule has 1 N–H and O–H groups in total. The summed E-state index contributed by atoms with van der Waals surface area (Å²) in [5.74, 6) is 0.787. The van der Waals surface area contributed by atoms with Gasteiger partial charge in [-0.1, -0.05) is 0 Å². The molecule has 0 spiro atoms. The van der Waals surface area contributed by atoms with Crippen LogP contribution in [0.15, 0.2) is 0 Å². The van der Waals surface area contributed by atoms with Crippen molar-refractivity contribution >= 4 is 10.0 Å². The fraction of sp³-hybridized carbons (Fsp3) is 1.00. The first-order valence-corrected chi connectivity index (χ1v) is 9.44. The molecule has 0 radical (unpaired) electrons. The average Bonchev–Trinajstić information content (AvgIpc) is 3.11. The number of hydrogen-bond acceptors (Lipinski definition) is 4. The van der Waals surface area contributed by atoms with Crippen LogP contribution >= 0.6 is 0 Å². The highest BCUT2D eigenvalue weighted by Gasteiger charge is 2.25. The standard InChI is InChI=1S/C14H29N3O2S/c1-16-9-7-13(11-16)12-17(2)20(18,19)10-4-3-8-15-14-5-6-14/h13-15H,3-12H2,1-2H3. The Balaban J connectivity index is 1.62. The lowest BCUT2D eigenvalue weighted by Crippen LogP contribution is -2.34. The molecule has 1 atom stereocenters. The van der Waals surface area contributed by atoms with Gasteiger partial charge < -0.3 is 10.2 Å². The fourth-order valence-corrected chi connectivity index (χ4v) is 4.13.